The molecule has 3 rings (SSSR count). The standard InChI is InChI=1S/C12H14N4S/c1-8(10-3-2-6-13-7-10)14-12-15-11(16-17-12)9-4-5-9/h2-3,6-9H,4-5H2,1H3,(H,14,15,16). The highest BCUT2D eigenvalue weighted by molar-refractivity contribution is 7.09. The third-order valence-corrected chi connectivity index (χ3v) is 3.57. The maximum atomic E-state index is 4.51. The lowest BCUT2D eigenvalue weighted by Gasteiger charge is -2.11. The van der Waals surface area contributed by atoms with Crippen molar-refractivity contribution in [3.63, 3.8) is 0 Å². The van der Waals surface area contributed by atoms with E-state index < -0.39 is 0 Å². The SMILES string of the molecule is CC(Nc1nc(C2CC2)ns1)c1cccnc1. The first-order valence-electron chi connectivity index (χ1n) is 5.83. The highest BCUT2D eigenvalue weighted by atomic mass is 32.1. The summed E-state index contributed by atoms with van der Waals surface area (Å²) in [5, 5.41) is 4.27. The molecular weight excluding hydrogens is 232 g/mol. The molecule has 1 saturated carbocycles. The molecule has 2 aromatic heterocycles. The molecule has 4 nitrogen and oxygen atoms in total. The highest BCUT2D eigenvalue weighted by Gasteiger charge is 2.27. The van der Waals surface area contributed by atoms with Crippen molar-refractivity contribution in [3.8, 4) is 0 Å². The fourth-order valence-corrected chi connectivity index (χ4v) is 2.44. The number of hydrogen-bond acceptors (Lipinski definition) is 5. The average Bonchev–Trinajstić information content (AvgIpc) is 3.12. The van der Waals surface area contributed by atoms with Crippen LogP contribution in [0.3, 0.4) is 0 Å². The van der Waals surface area contributed by atoms with E-state index in [1.165, 1.54) is 24.4 Å². The lowest BCUT2D eigenvalue weighted by molar-refractivity contribution is 0.867. The van der Waals surface area contributed by atoms with E-state index in [-0.39, 0.29) is 6.04 Å². The van der Waals surface area contributed by atoms with E-state index in [0.29, 0.717) is 5.92 Å². The second kappa shape index (κ2) is 4.41. The summed E-state index contributed by atoms with van der Waals surface area (Å²) < 4.78 is 4.38. The topological polar surface area (TPSA) is 50.7 Å². The summed E-state index contributed by atoms with van der Waals surface area (Å²) in [4.78, 5) is 8.63. The molecule has 1 aliphatic rings. The van der Waals surface area contributed by atoms with Crippen molar-refractivity contribution in [2.24, 2.45) is 0 Å². The van der Waals surface area contributed by atoms with E-state index in [1.54, 1.807) is 6.20 Å². The molecule has 1 unspecified atom stereocenters. The highest BCUT2D eigenvalue weighted by Crippen LogP contribution is 2.39. The summed E-state index contributed by atoms with van der Waals surface area (Å²) >= 11 is 1.45. The Hall–Kier alpha value is -1.49. The van der Waals surface area contributed by atoms with Crippen LogP contribution < -0.4 is 5.32 Å². The molecule has 0 spiro atoms. The summed E-state index contributed by atoms with van der Waals surface area (Å²) in [6, 6.07) is 4.22. The zero-order chi connectivity index (χ0) is 11.7. The number of nitrogens with one attached hydrogen (secondary N) is 1. The minimum Gasteiger partial charge on any atom is -0.354 e. The van der Waals surface area contributed by atoms with Gasteiger partial charge in [-0.05, 0) is 31.4 Å². The summed E-state index contributed by atoms with van der Waals surface area (Å²) in [6.45, 7) is 2.11. The van der Waals surface area contributed by atoms with Crippen LogP contribution in [0.4, 0.5) is 5.13 Å². The van der Waals surface area contributed by atoms with Gasteiger partial charge in [0.05, 0.1) is 6.04 Å². The maximum absolute atomic E-state index is 4.51. The number of nitrogens with zero attached hydrogens (tertiary/aromatic N) is 3. The van der Waals surface area contributed by atoms with Crippen LogP contribution in [0.5, 0.6) is 0 Å². The van der Waals surface area contributed by atoms with Gasteiger partial charge in [0.2, 0.25) is 5.13 Å². The van der Waals surface area contributed by atoms with Gasteiger partial charge in [0, 0.05) is 29.8 Å². The molecule has 0 bridgehead atoms. The van der Waals surface area contributed by atoms with Crippen LogP contribution >= 0.6 is 11.5 Å². The molecule has 1 fully saturated rings. The fraction of sp³-hybridized carbons (Fsp3) is 0.417. The number of hydrogen-bond donors (Lipinski definition) is 1. The van der Waals surface area contributed by atoms with Crippen LogP contribution in [-0.2, 0) is 0 Å². The fourth-order valence-electron chi connectivity index (χ4n) is 1.70. The van der Waals surface area contributed by atoms with Crippen molar-refractivity contribution in [2.75, 3.05) is 5.32 Å². The third-order valence-electron chi connectivity index (χ3n) is 2.91. The van der Waals surface area contributed by atoms with E-state index >= 15 is 0 Å². The van der Waals surface area contributed by atoms with Gasteiger partial charge in [-0.15, -0.1) is 0 Å². The van der Waals surface area contributed by atoms with Crippen molar-refractivity contribution < 1.29 is 0 Å². The molecule has 0 saturated heterocycles. The Bertz CT molecular complexity index is 492. The smallest absolute Gasteiger partial charge is 0.203 e. The molecule has 2 aromatic rings. The quantitative estimate of drug-likeness (QED) is 0.901. The molecular formula is C12H14N4S. The summed E-state index contributed by atoms with van der Waals surface area (Å²) in [5.41, 5.74) is 1.16. The predicted octanol–water partition coefficient (Wildman–Crippen LogP) is 2.98. The van der Waals surface area contributed by atoms with Crippen molar-refractivity contribution >= 4 is 16.7 Å². The minimum absolute atomic E-state index is 0.212. The average molecular weight is 246 g/mol. The van der Waals surface area contributed by atoms with Gasteiger partial charge in [-0.2, -0.15) is 4.37 Å². The normalized spacial score (nSPS) is 16.8. The Kier molecular flexibility index (Phi) is 2.76. The lowest BCUT2D eigenvalue weighted by atomic mass is 10.1. The van der Waals surface area contributed by atoms with Gasteiger partial charge in [-0.1, -0.05) is 6.07 Å². The largest absolute Gasteiger partial charge is 0.354 e. The van der Waals surface area contributed by atoms with Crippen LogP contribution in [0, 0.1) is 0 Å². The maximum Gasteiger partial charge on any atom is 0.203 e. The van der Waals surface area contributed by atoms with Crippen molar-refractivity contribution in [1.29, 1.82) is 0 Å². The second-order valence-electron chi connectivity index (χ2n) is 4.38. The zero-order valence-corrected chi connectivity index (χ0v) is 10.4. The van der Waals surface area contributed by atoms with Gasteiger partial charge in [0.25, 0.3) is 0 Å². The van der Waals surface area contributed by atoms with Crippen LogP contribution in [0.25, 0.3) is 0 Å². The van der Waals surface area contributed by atoms with E-state index in [4.69, 9.17) is 0 Å². The minimum atomic E-state index is 0.212. The first kappa shape index (κ1) is 10.7. The monoisotopic (exact) mass is 246 g/mol. The first-order valence-corrected chi connectivity index (χ1v) is 6.60. The molecule has 5 heteroatoms. The van der Waals surface area contributed by atoms with Crippen molar-refractivity contribution in [1.82, 2.24) is 14.3 Å². The van der Waals surface area contributed by atoms with Gasteiger partial charge < -0.3 is 5.32 Å². The zero-order valence-electron chi connectivity index (χ0n) is 9.63. The van der Waals surface area contributed by atoms with E-state index in [2.05, 4.69) is 32.6 Å². The number of pyridine rings is 1. The van der Waals surface area contributed by atoms with Crippen LogP contribution in [0.1, 0.15) is 43.1 Å². The lowest BCUT2D eigenvalue weighted by Crippen LogP contribution is -2.06. The summed E-state index contributed by atoms with van der Waals surface area (Å²) in [7, 11) is 0. The summed E-state index contributed by atoms with van der Waals surface area (Å²) in [5.74, 6) is 1.63. The van der Waals surface area contributed by atoms with E-state index in [1.807, 2.05) is 12.3 Å². The van der Waals surface area contributed by atoms with Gasteiger partial charge >= 0.3 is 0 Å². The summed E-state index contributed by atoms with van der Waals surface area (Å²) in [6.07, 6.45) is 6.15. The Labute approximate surface area is 104 Å². The van der Waals surface area contributed by atoms with Crippen molar-refractivity contribution in [3.05, 3.63) is 35.9 Å². The van der Waals surface area contributed by atoms with Gasteiger partial charge in [-0.3, -0.25) is 4.98 Å². The Balaban J connectivity index is 1.69. The molecule has 1 atom stereocenters. The number of anilines is 1. The molecule has 0 amide bonds. The second-order valence-corrected chi connectivity index (χ2v) is 5.14. The van der Waals surface area contributed by atoms with Crippen LogP contribution in [-0.4, -0.2) is 14.3 Å². The third kappa shape index (κ3) is 2.44. The molecule has 0 aromatic carbocycles. The Morgan fingerprint density at radius 2 is 2.35 bits per heavy atom. The molecule has 0 aliphatic heterocycles. The molecule has 0 radical (unpaired) electrons. The van der Waals surface area contributed by atoms with Crippen LogP contribution in [0.15, 0.2) is 24.5 Å². The Morgan fingerprint density at radius 3 is 3.06 bits per heavy atom. The van der Waals surface area contributed by atoms with Crippen LogP contribution in [0.2, 0.25) is 0 Å². The van der Waals surface area contributed by atoms with E-state index in [0.717, 1.165) is 16.5 Å². The molecule has 1 N–H and O–H groups in total. The van der Waals surface area contributed by atoms with Gasteiger partial charge in [0.15, 0.2) is 0 Å². The van der Waals surface area contributed by atoms with Crippen molar-refractivity contribution in [2.45, 2.75) is 31.7 Å². The van der Waals surface area contributed by atoms with Gasteiger partial charge in [0.1, 0.15) is 5.82 Å². The molecule has 1 aliphatic carbocycles. The molecule has 88 valence electrons. The molecule has 2 heterocycles. The number of aromatic nitrogens is 3. The first-order chi connectivity index (χ1) is 8.33. The van der Waals surface area contributed by atoms with Gasteiger partial charge in [-0.25, -0.2) is 4.98 Å². The predicted molar refractivity (Wildman–Crippen MR) is 68.2 cm³/mol. The number of rotatable bonds is 4. The Morgan fingerprint density at radius 1 is 1.47 bits per heavy atom. The van der Waals surface area contributed by atoms with E-state index in [9.17, 15) is 0 Å². The molecule has 17 heavy (non-hydrogen) atoms.